The van der Waals surface area contributed by atoms with E-state index in [4.69, 9.17) is 9.40 Å². The molecule has 4 heteroatoms. The van der Waals surface area contributed by atoms with Crippen molar-refractivity contribution in [2.24, 2.45) is 0 Å². The van der Waals surface area contributed by atoms with Gasteiger partial charge in [-0.05, 0) is 89.9 Å². The van der Waals surface area contributed by atoms with Crippen molar-refractivity contribution in [3.8, 4) is 28.2 Å². The summed E-state index contributed by atoms with van der Waals surface area (Å²) in [4.78, 5) is 9.81. The summed E-state index contributed by atoms with van der Waals surface area (Å²) >= 11 is 0. The fraction of sp³-hybridized carbons (Fsp3) is 0.211. The lowest BCUT2D eigenvalue weighted by molar-refractivity contribution is 0.667. The highest BCUT2D eigenvalue weighted by atomic mass is 16.3. The largest absolute Gasteiger partial charge is 0.454 e. The van der Waals surface area contributed by atoms with E-state index in [1.165, 1.54) is 33.5 Å². The Kier molecular flexibility index (Phi) is 6.23. The van der Waals surface area contributed by atoms with Gasteiger partial charge >= 0.3 is 0 Å². The van der Waals surface area contributed by atoms with Crippen LogP contribution in [0, 0.1) is 13.8 Å². The lowest BCUT2D eigenvalue weighted by Crippen LogP contribution is -2.09. The molecule has 0 aliphatic carbocycles. The summed E-state index contributed by atoms with van der Waals surface area (Å²) in [6.07, 6.45) is 1.84. The number of hydrogen-bond donors (Lipinski definition) is 0. The van der Waals surface area contributed by atoms with Gasteiger partial charge in [-0.25, -0.2) is 4.98 Å². The summed E-state index contributed by atoms with van der Waals surface area (Å²) in [6, 6.07) is 30.4. The van der Waals surface area contributed by atoms with Crippen LogP contribution >= 0.6 is 0 Å². The third-order valence-electron chi connectivity index (χ3n) is 8.40. The Morgan fingerprint density at radius 1 is 0.738 bits per heavy atom. The minimum atomic E-state index is 0.300. The molecule has 0 saturated carbocycles. The monoisotopic (exact) mass is 549 g/mol. The highest BCUT2D eigenvalue weighted by molar-refractivity contribution is 6.11. The molecule has 0 atom stereocenters. The molecule has 4 aromatic carbocycles. The molecule has 4 nitrogen and oxygen atoms in total. The van der Waals surface area contributed by atoms with Gasteiger partial charge in [0.15, 0.2) is 5.58 Å². The van der Waals surface area contributed by atoms with Crippen LogP contribution < -0.4 is 0 Å². The highest BCUT2D eigenvalue weighted by Gasteiger charge is 2.25. The Balaban J connectivity index is 1.60. The van der Waals surface area contributed by atoms with E-state index in [1.807, 2.05) is 13.1 Å². The molecule has 3 aromatic heterocycles. The quantitative estimate of drug-likeness (QED) is 0.214. The summed E-state index contributed by atoms with van der Waals surface area (Å²) in [6.45, 7) is 13.3. The first-order chi connectivity index (χ1) is 20.3. The molecule has 208 valence electrons. The Morgan fingerprint density at radius 3 is 2.14 bits per heavy atom. The maximum Gasteiger partial charge on any atom is 0.153 e. The second-order valence-electron chi connectivity index (χ2n) is 12.0. The third-order valence-corrected chi connectivity index (χ3v) is 8.40. The highest BCUT2D eigenvalue weighted by Crippen LogP contribution is 2.43. The number of nitrogens with zero attached hydrogens (tertiary/aromatic N) is 3. The lowest BCUT2D eigenvalue weighted by atomic mass is 9.88. The van der Waals surface area contributed by atoms with Gasteiger partial charge in [0.1, 0.15) is 11.4 Å². The minimum Gasteiger partial charge on any atom is -0.454 e. The Hall–Kier alpha value is -4.70. The van der Waals surface area contributed by atoms with Crippen LogP contribution in [0.5, 0.6) is 0 Å². The number of fused-ring (bicyclic) bond motifs is 4. The van der Waals surface area contributed by atoms with Gasteiger partial charge in [0.2, 0.25) is 0 Å². The molecular formula is C38H35N3O. The summed E-state index contributed by atoms with van der Waals surface area (Å²) in [5, 5.41) is 2.22. The van der Waals surface area contributed by atoms with Gasteiger partial charge in [-0.1, -0.05) is 76.2 Å². The Labute approximate surface area is 246 Å². The zero-order valence-corrected chi connectivity index (χ0v) is 25.1. The molecule has 0 N–H and O–H groups in total. The molecule has 0 aliphatic heterocycles. The van der Waals surface area contributed by atoms with Crippen molar-refractivity contribution in [1.82, 2.24) is 14.5 Å². The standard InChI is InChI=1S/C38H35N3O/c1-22(2)29-19-27(26-12-8-7-9-13-26)20-30(23(3)4)36(29)41-33-15-11-10-14-32(33)40-38(41)28-17-16-24(5)35-31-18-25(6)39-21-34(31)42-37(28)35/h7-23H,1-6H3. The number of pyridine rings is 1. The fourth-order valence-corrected chi connectivity index (χ4v) is 6.28. The molecule has 0 unspecified atom stereocenters. The maximum atomic E-state index is 6.58. The van der Waals surface area contributed by atoms with Gasteiger partial charge in [-0.2, -0.15) is 0 Å². The molecule has 0 radical (unpaired) electrons. The first-order valence-corrected chi connectivity index (χ1v) is 14.8. The molecule has 0 fully saturated rings. The van der Waals surface area contributed by atoms with E-state index in [9.17, 15) is 0 Å². The third kappa shape index (κ3) is 4.13. The number of benzene rings is 4. The zero-order chi connectivity index (χ0) is 29.1. The topological polar surface area (TPSA) is 43.9 Å². The molecule has 3 heterocycles. The second-order valence-corrected chi connectivity index (χ2v) is 12.0. The molecule has 7 aromatic rings. The smallest absolute Gasteiger partial charge is 0.153 e. The van der Waals surface area contributed by atoms with Crippen LogP contribution in [0.4, 0.5) is 0 Å². The second kappa shape index (κ2) is 9.99. The molecule has 42 heavy (non-hydrogen) atoms. The van der Waals surface area contributed by atoms with Crippen molar-refractivity contribution in [3.05, 3.63) is 114 Å². The van der Waals surface area contributed by atoms with E-state index >= 15 is 0 Å². The fourth-order valence-electron chi connectivity index (χ4n) is 6.28. The van der Waals surface area contributed by atoms with Crippen LogP contribution in [0.25, 0.3) is 61.2 Å². The van der Waals surface area contributed by atoms with Gasteiger partial charge in [0, 0.05) is 16.5 Å². The van der Waals surface area contributed by atoms with E-state index in [1.54, 1.807) is 0 Å². The lowest BCUT2D eigenvalue weighted by Gasteiger charge is -2.24. The zero-order valence-electron chi connectivity index (χ0n) is 25.1. The Morgan fingerprint density at radius 2 is 1.43 bits per heavy atom. The van der Waals surface area contributed by atoms with Gasteiger partial charge in [0.05, 0.1) is 28.5 Å². The number of rotatable bonds is 5. The van der Waals surface area contributed by atoms with Crippen LogP contribution in [0.1, 0.15) is 61.9 Å². The molecule has 7 rings (SSSR count). The number of imidazole rings is 1. The van der Waals surface area contributed by atoms with Gasteiger partial charge in [-0.15, -0.1) is 0 Å². The van der Waals surface area contributed by atoms with Gasteiger partial charge in [0.25, 0.3) is 0 Å². The van der Waals surface area contributed by atoms with E-state index in [0.29, 0.717) is 11.8 Å². The van der Waals surface area contributed by atoms with Crippen LogP contribution in [-0.4, -0.2) is 14.5 Å². The maximum absolute atomic E-state index is 6.58. The predicted octanol–water partition coefficient (Wildman–Crippen LogP) is 10.5. The van der Waals surface area contributed by atoms with Crippen molar-refractivity contribution in [1.29, 1.82) is 0 Å². The van der Waals surface area contributed by atoms with Crippen molar-refractivity contribution >= 4 is 33.0 Å². The predicted molar refractivity (Wildman–Crippen MR) is 175 cm³/mol. The van der Waals surface area contributed by atoms with Crippen LogP contribution in [0.3, 0.4) is 0 Å². The van der Waals surface area contributed by atoms with Gasteiger partial charge < -0.3 is 4.42 Å². The van der Waals surface area contributed by atoms with E-state index < -0.39 is 0 Å². The summed E-state index contributed by atoms with van der Waals surface area (Å²) < 4.78 is 8.96. The summed E-state index contributed by atoms with van der Waals surface area (Å²) in [5.74, 6) is 1.49. The van der Waals surface area contributed by atoms with E-state index in [-0.39, 0.29) is 0 Å². The molecule has 0 aliphatic rings. The average Bonchev–Trinajstić information content (AvgIpc) is 3.56. The normalized spacial score (nSPS) is 12.0. The van der Waals surface area contributed by atoms with Crippen LogP contribution in [0.2, 0.25) is 0 Å². The average molecular weight is 550 g/mol. The number of aromatic nitrogens is 3. The SMILES string of the molecule is Cc1cc2c(cn1)oc1c(-c3nc4ccccc4n3-c3c(C(C)C)cc(-c4ccccc4)cc3C(C)C)ccc(C)c12. The molecule has 0 spiro atoms. The molecular weight excluding hydrogens is 514 g/mol. The summed E-state index contributed by atoms with van der Waals surface area (Å²) in [5.41, 5.74) is 13.1. The molecule has 0 amide bonds. The van der Waals surface area contributed by atoms with E-state index in [0.717, 1.165) is 50.1 Å². The minimum absolute atomic E-state index is 0.300. The first kappa shape index (κ1) is 26.2. The Bertz CT molecular complexity index is 2080. The number of furan rings is 1. The number of aryl methyl sites for hydroxylation is 2. The van der Waals surface area contributed by atoms with Crippen LogP contribution in [0.15, 0.2) is 95.5 Å². The first-order valence-electron chi connectivity index (χ1n) is 14.8. The van der Waals surface area contributed by atoms with Gasteiger partial charge in [-0.3, -0.25) is 9.55 Å². The molecule has 0 bridgehead atoms. The molecule has 0 saturated heterocycles. The number of para-hydroxylation sites is 2. The van der Waals surface area contributed by atoms with Crippen molar-refractivity contribution in [2.75, 3.05) is 0 Å². The van der Waals surface area contributed by atoms with Crippen LogP contribution in [-0.2, 0) is 0 Å². The van der Waals surface area contributed by atoms with E-state index in [2.05, 4.69) is 129 Å². The van der Waals surface area contributed by atoms with Crippen molar-refractivity contribution in [3.63, 3.8) is 0 Å². The number of hydrogen-bond acceptors (Lipinski definition) is 3. The summed E-state index contributed by atoms with van der Waals surface area (Å²) in [7, 11) is 0. The van der Waals surface area contributed by atoms with Crippen molar-refractivity contribution < 1.29 is 4.42 Å². The van der Waals surface area contributed by atoms with Crippen molar-refractivity contribution in [2.45, 2.75) is 53.4 Å².